The van der Waals surface area contributed by atoms with Crippen LogP contribution in [0.2, 0.25) is 10.0 Å². The number of halogens is 2. The van der Waals surface area contributed by atoms with Crippen LogP contribution in [-0.4, -0.2) is 12.5 Å². The first-order valence-electron chi connectivity index (χ1n) is 8.78. The molecule has 28 heavy (non-hydrogen) atoms. The van der Waals surface area contributed by atoms with Gasteiger partial charge >= 0.3 is 0 Å². The minimum atomic E-state index is -0.300. The van der Waals surface area contributed by atoms with Gasteiger partial charge in [-0.05, 0) is 36.6 Å². The van der Waals surface area contributed by atoms with Crippen molar-refractivity contribution >= 4 is 34.8 Å². The Bertz CT molecular complexity index is 1060. The van der Waals surface area contributed by atoms with Crippen LogP contribution in [0.5, 0.6) is 11.5 Å². The number of nitrogens with zero attached hydrogens (tertiary/aromatic N) is 2. The molecule has 0 saturated heterocycles. The van der Waals surface area contributed by atoms with Crippen LogP contribution < -0.4 is 14.4 Å². The monoisotopic (exact) mass is 414 g/mol. The lowest BCUT2D eigenvalue weighted by Gasteiger charge is -2.29. The van der Waals surface area contributed by atoms with Crippen molar-refractivity contribution in [2.75, 3.05) is 11.4 Å². The Morgan fingerprint density at radius 2 is 1.93 bits per heavy atom. The fraction of sp³-hybridized carbons (Fsp3) is 0.143. The normalized spacial score (nSPS) is 13.1. The smallest absolute Gasteiger partial charge is 0.268 e. The number of para-hydroxylation sites is 1. The van der Waals surface area contributed by atoms with Crippen LogP contribution in [0, 0.1) is 5.21 Å². The fourth-order valence-corrected chi connectivity index (χ4v) is 3.60. The van der Waals surface area contributed by atoms with Crippen LogP contribution in [0.1, 0.15) is 22.3 Å². The van der Waals surface area contributed by atoms with Gasteiger partial charge in [0.2, 0.25) is 0 Å². The zero-order valence-electron chi connectivity index (χ0n) is 14.8. The Labute approximate surface area is 172 Å². The summed E-state index contributed by atoms with van der Waals surface area (Å²) in [4.78, 5) is 15.0. The summed E-state index contributed by atoms with van der Waals surface area (Å²) in [6, 6.07) is 14.0. The Balaban J connectivity index is 1.73. The second kappa shape index (κ2) is 7.70. The van der Waals surface area contributed by atoms with Gasteiger partial charge in [-0.1, -0.05) is 41.4 Å². The van der Waals surface area contributed by atoms with Gasteiger partial charge in [0.25, 0.3) is 5.91 Å². The first-order chi connectivity index (χ1) is 13.5. The summed E-state index contributed by atoms with van der Waals surface area (Å²) in [5, 5.41) is 12.7. The van der Waals surface area contributed by atoms with Gasteiger partial charge in [-0.3, -0.25) is 4.79 Å². The summed E-state index contributed by atoms with van der Waals surface area (Å²) in [5.74, 6) is 0.251. The molecule has 1 amide bonds. The molecule has 0 aliphatic carbocycles. The van der Waals surface area contributed by atoms with Crippen molar-refractivity contribution in [3.63, 3.8) is 0 Å². The molecule has 2 aromatic carbocycles. The van der Waals surface area contributed by atoms with Crippen molar-refractivity contribution in [2.45, 2.75) is 12.8 Å². The number of carbonyl (C=O) groups is 1. The van der Waals surface area contributed by atoms with Gasteiger partial charge in [0.1, 0.15) is 11.3 Å². The number of carbonyl (C=O) groups excluding carboxylic acids is 1. The number of hydrogen-bond acceptors (Lipinski definition) is 3. The Morgan fingerprint density at radius 1 is 1.11 bits per heavy atom. The molecule has 0 unspecified atom stereocenters. The summed E-state index contributed by atoms with van der Waals surface area (Å²) in [6.07, 6.45) is 4.25. The highest BCUT2D eigenvalue weighted by atomic mass is 35.5. The van der Waals surface area contributed by atoms with E-state index in [9.17, 15) is 10.0 Å². The van der Waals surface area contributed by atoms with Gasteiger partial charge in [-0.15, -0.1) is 0 Å². The van der Waals surface area contributed by atoms with Gasteiger partial charge in [-0.2, -0.15) is 4.73 Å². The van der Waals surface area contributed by atoms with Crippen LogP contribution in [0.4, 0.5) is 5.69 Å². The lowest BCUT2D eigenvalue weighted by atomic mass is 10.0. The van der Waals surface area contributed by atoms with E-state index in [0.29, 0.717) is 27.1 Å². The molecule has 0 saturated carbocycles. The molecule has 0 radical (unpaired) electrons. The summed E-state index contributed by atoms with van der Waals surface area (Å²) in [6.45, 7) is 0.570. The van der Waals surface area contributed by atoms with Crippen molar-refractivity contribution < 1.29 is 14.3 Å². The lowest BCUT2D eigenvalue weighted by Crippen LogP contribution is -2.37. The lowest BCUT2D eigenvalue weighted by molar-refractivity contribution is -0.605. The molecular weight excluding hydrogens is 399 g/mol. The van der Waals surface area contributed by atoms with Crippen molar-refractivity contribution in [3.8, 4) is 11.5 Å². The van der Waals surface area contributed by atoms with Gasteiger partial charge in [0, 0.05) is 29.4 Å². The van der Waals surface area contributed by atoms with E-state index < -0.39 is 0 Å². The number of benzene rings is 2. The minimum absolute atomic E-state index is 0.158. The third-order valence-electron chi connectivity index (χ3n) is 4.59. The van der Waals surface area contributed by atoms with Crippen molar-refractivity contribution in [2.24, 2.45) is 0 Å². The van der Waals surface area contributed by atoms with Crippen LogP contribution in [0.3, 0.4) is 0 Å². The van der Waals surface area contributed by atoms with Crippen molar-refractivity contribution in [3.05, 3.63) is 87.3 Å². The standard InChI is InChI=1S/C21H16Cl2N2O3/c22-15-7-8-17(23)20(12-15)28-19-9-11-24(27)13-16(19)21(26)25-10-3-5-14-4-1-2-6-18(14)25/h1-2,4,6-9,11-13H,3,5,10H2. The molecule has 5 nitrogen and oxygen atoms in total. The Kier molecular flexibility index (Phi) is 5.11. The molecule has 7 heteroatoms. The van der Waals surface area contributed by atoms with Crippen molar-refractivity contribution in [1.82, 2.24) is 0 Å². The number of hydrogen-bond donors (Lipinski definition) is 0. The predicted molar refractivity (Wildman–Crippen MR) is 108 cm³/mol. The van der Waals surface area contributed by atoms with Gasteiger partial charge in [-0.25, -0.2) is 0 Å². The SMILES string of the molecule is O=C(c1c[n+]([O-])ccc1Oc1cc(Cl)ccc1Cl)N1CCCc2ccccc21. The minimum Gasteiger partial charge on any atom is -0.619 e. The molecule has 2 heterocycles. The third-order valence-corrected chi connectivity index (χ3v) is 5.14. The summed E-state index contributed by atoms with van der Waals surface area (Å²) < 4.78 is 6.44. The Hall–Kier alpha value is -2.76. The fourth-order valence-electron chi connectivity index (χ4n) is 3.28. The maximum absolute atomic E-state index is 13.3. The van der Waals surface area contributed by atoms with Crippen LogP contribution in [-0.2, 0) is 6.42 Å². The van der Waals surface area contributed by atoms with E-state index in [1.165, 1.54) is 18.5 Å². The number of pyridine rings is 1. The topological polar surface area (TPSA) is 56.5 Å². The number of ether oxygens (including phenoxy) is 1. The second-order valence-electron chi connectivity index (χ2n) is 6.45. The average Bonchev–Trinajstić information content (AvgIpc) is 2.71. The molecule has 0 atom stereocenters. The van der Waals surface area contributed by atoms with Crippen LogP contribution in [0.25, 0.3) is 0 Å². The zero-order valence-corrected chi connectivity index (χ0v) is 16.3. The van der Waals surface area contributed by atoms with Gasteiger partial charge < -0.3 is 14.8 Å². The predicted octanol–water partition coefficient (Wildman–Crippen LogP) is 5.01. The highest BCUT2D eigenvalue weighted by molar-refractivity contribution is 6.34. The maximum Gasteiger partial charge on any atom is 0.268 e. The molecule has 1 aromatic heterocycles. The molecule has 0 fully saturated rings. The molecule has 1 aliphatic rings. The van der Waals surface area contributed by atoms with Crippen molar-refractivity contribution in [1.29, 1.82) is 0 Å². The summed E-state index contributed by atoms with van der Waals surface area (Å²) >= 11 is 12.2. The zero-order chi connectivity index (χ0) is 19.7. The summed E-state index contributed by atoms with van der Waals surface area (Å²) in [7, 11) is 0. The van der Waals surface area contributed by atoms with Gasteiger partial charge in [0.05, 0.1) is 5.02 Å². The van der Waals surface area contributed by atoms with E-state index in [0.717, 1.165) is 24.1 Å². The quantitative estimate of drug-likeness (QED) is 0.446. The Morgan fingerprint density at radius 3 is 2.79 bits per heavy atom. The highest BCUT2D eigenvalue weighted by Crippen LogP contribution is 2.35. The molecule has 0 bridgehead atoms. The molecule has 1 aliphatic heterocycles. The second-order valence-corrected chi connectivity index (χ2v) is 7.29. The molecule has 4 rings (SSSR count). The van der Waals surface area contributed by atoms with Gasteiger partial charge in [0.15, 0.2) is 18.1 Å². The summed E-state index contributed by atoms with van der Waals surface area (Å²) in [5.41, 5.74) is 2.12. The first kappa shape index (κ1) is 18.6. The molecule has 0 spiro atoms. The van der Waals surface area contributed by atoms with E-state index in [1.54, 1.807) is 23.1 Å². The van der Waals surface area contributed by atoms with E-state index in [1.807, 2.05) is 24.3 Å². The molecule has 3 aromatic rings. The van der Waals surface area contributed by atoms with Crippen LogP contribution in [0.15, 0.2) is 60.9 Å². The van der Waals surface area contributed by atoms with E-state index in [-0.39, 0.29) is 17.2 Å². The number of fused-ring (bicyclic) bond motifs is 1. The van der Waals surface area contributed by atoms with E-state index >= 15 is 0 Å². The van der Waals surface area contributed by atoms with E-state index in [4.69, 9.17) is 27.9 Å². The third kappa shape index (κ3) is 3.63. The maximum atomic E-state index is 13.3. The number of aromatic nitrogens is 1. The van der Waals surface area contributed by atoms with E-state index in [2.05, 4.69) is 0 Å². The molecule has 142 valence electrons. The average molecular weight is 415 g/mol. The number of rotatable bonds is 3. The van der Waals surface area contributed by atoms with Crippen LogP contribution >= 0.6 is 23.2 Å². The first-order valence-corrected chi connectivity index (χ1v) is 9.54. The largest absolute Gasteiger partial charge is 0.619 e. The highest BCUT2D eigenvalue weighted by Gasteiger charge is 2.28. The molecular formula is C21H16Cl2N2O3. The number of aryl methyl sites for hydroxylation is 1. The number of anilines is 1. The molecule has 0 N–H and O–H groups in total. The number of amides is 1.